The first-order chi connectivity index (χ1) is 12.5. The average Bonchev–Trinajstić information content (AvgIpc) is 3.05. The van der Waals surface area contributed by atoms with Crippen LogP contribution in [0, 0.1) is 0 Å². The fourth-order valence-electron chi connectivity index (χ4n) is 2.61. The van der Waals surface area contributed by atoms with Gasteiger partial charge in [0.2, 0.25) is 5.91 Å². The first kappa shape index (κ1) is 17.8. The van der Waals surface area contributed by atoms with Gasteiger partial charge < -0.3 is 19.9 Å². The molecule has 0 saturated heterocycles. The first-order valence-corrected chi connectivity index (χ1v) is 8.59. The number of hydrogen-bond donors (Lipinski definition) is 2. The molecule has 3 rings (SSSR count). The van der Waals surface area contributed by atoms with E-state index >= 15 is 0 Å². The van der Waals surface area contributed by atoms with Gasteiger partial charge >= 0.3 is 5.97 Å². The van der Waals surface area contributed by atoms with Crippen LogP contribution >= 0.6 is 11.3 Å². The summed E-state index contributed by atoms with van der Waals surface area (Å²) >= 11 is 1.21. The minimum Gasteiger partial charge on any atom is -0.493 e. The molecule has 0 saturated carbocycles. The van der Waals surface area contributed by atoms with Crippen LogP contribution in [0.1, 0.15) is 15.2 Å². The molecule has 0 aliphatic carbocycles. The molecule has 7 heteroatoms. The molecule has 0 spiro atoms. The van der Waals surface area contributed by atoms with Crippen LogP contribution < -0.4 is 14.8 Å². The maximum absolute atomic E-state index is 12.3. The summed E-state index contributed by atoms with van der Waals surface area (Å²) in [6, 6.07) is 12.3. The van der Waals surface area contributed by atoms with E-state index in [0.717, 1.165) is 15.6 Å². The predicted octanol–water partition coefficient (Wildman–Crippen LogP) is 3.80. The van der Waals surface area contributed by atoms with E-state index in [1.807, 2.05) is 6.07 Å². The highest BCUT2D eigenvalue weighted by Crippen LogP contribution is 2.29. The minimum absolute atomic E-state index is 0.176. The summed E-state index contributed by atoms with van der Waals surface area (Å²) in [7, 11) is 3.10. The summed E-state index contributed by atoms with van der Waals surface area (Å²) < 4.78 is 11.3. The Bertz CT molecular complexity index is 979. The zero-order chi connectivity index (χ0) is 18.7. The standard InChI is InChI=1S/C19H17NO5S/c1-24-14-5-3-11(7-15(14)25-2)8-18(21)20-13-4-6-16-12(9-13)10-17(26-16)19(22)23/h3-7,9-10H,8H2,1-2H3,(H,20,21)(H,22,23). The molecule has 2 N–H and O–H groups in total. The highest BCUT2D eigenvalue weighted by Gasteiger charge is 2.11. The summed E-state index contributed by atoms with van der Waals surface area (Å²) in [5.74, 6) is 0.0444. The number of aromatic carboxylic acids is 1. The summed E-state index contributed by atoms with van der Waals surface area (Å²) in [5.41, 5.74) is 1.42. The second-order valence-corrected chi connectivity index (χ2v) is 6.67. The lowest BCUT2D eigenvalue weighted by atomic mass is 10.1. The molecule has 0 bridgehead atoms. The molecule has 134 valence electrons. The van der Waals surface area contributed by atoms with Crippen molar-refractivity contribution in [1.29, 1.82) is 0 Å². The number of nitrogens with one attached hydrogen (secondary N) is 1. The number of carbonyl (C=O) groups excluding carboxylic acids is 1. The number of fused-ring (bicyclic) bond motifs is 1. The summed E-state index contributed by atoms with van der Waals surface area (Å²) in [6.45, 7) is 0. The highest BCUT2D eigenvalue weighted by atomic mass is 32.1. The molecule has 0 atom stereocenters. The normalized spacial score (nSPS) is 10.5. The van der Waals surface area contributed by atoms with Crippen molar-refractivity contribution in [3.63, 3.8) is 0 Å². The van der Waals surface area contributed by atoms with Crippen LogP contribution in [0.2, 0.25) is 0 Å². The van der Waals surface area contributed by atoms with E-state index < -0.39 is 5.97 Å². The van der Waals surface area contributed by atoms with Gasteiger partial charge in [-0.15, -0.1) is 11.3 Å². The lowest BCUT2D eigenvalue weighted by Crippen LogP contribution is -2.14. The largest absolute Gasteiger partial charge is 0.493 e. The third kappa shape index (κ3) is 3.78. The van der Waals surface area contributed by atoms with Crippen molar-refractivity contribution >= 4 is 39.0 Å². The van der Waals surface area contributed by atoms with Crippen LogP contribution in [0.3, 0.4) is 0 Å². The Balaban J connectivity index is 1.73. The van der Waals surface area contributed by atoms with Gasteiger partial charge in [0.25, 0.3) is 0 Å². The van der Waals surface area contributed by atoms with E-state index in [4.69, 9.17) is 14.6 Å². The highest BCUT2D eigenvalue weighted by molar-refractivity contribution is 7.20. The average molecular weight is 371 g/mol. The predicted molar refractivity (Wildman–Crippen MR) is 101 cm³/mol. The zero-order valence-corrected chi connectivity index (χ0v) is 15.1. The molecule has 3 aromatic rings. The maximum Gasteiger partial charge on any atom is 0.345 e. The molecule has 0 radical (unpaired) electrons. The number of ether oxygens (including phenoxy) is 2. The first-order valence-electron chi connectivity index (χ1n) is 7.78. The quantitative estimate of drug-likeness (QED) is 0.688. The lowest BCUT2D eigenvalue weighted by molar-refractivity contribution is -0.115. The maximum atomic E-state index is 12.3. The van der Waals surface area contributed by atoms with Crippen molar-refractivity contribution in [2.75, 3.05) is 19.5 Å². The summed E-state index contributed by atoms with van der Waals surface area (Å²) in [5, 5.41) is 12.7. The Morgan fingerprint density at radius 2 is 1.81 bits per heavy atom. The number of amides is 1. The molecule has 1 heterocycles. The van der Waals surface area contributed by atoms with Gasteiger partial charge in [0.05, 0.1) is 20.6 Å². The van der Waals surface area contributed by atoms with Crippen molar-refractivity contribution < 1.29 is 24.2 Å². The van der Waals surface area contributed by atoms with Crippen molar-refractivity contribution in [1.82, 2.24) is 0 Å². The van der Waals surface area contributed by atoms with Crippen LogP contribution in [-0.4, -0.2) is 31.2 Å². The SMILES string of the molecule is COc1ccc(CC(=O)Nc2ccc3sc(C(=O)O)cc3c2)cc1OC. The monoisotopic (exact) mass is 371 g/mol. The van der Waals surface area contributed by atoms with E-state index in [1.54, 1.807) is 50.6 Å². The second kappa shape index (κ2) is 7.45. The second-order valence-electron chi connectivity index (χ2n) is 5.58. The number of carboxylic acids is 1. The van der Waals surface area contributed by atoms with E-state index in [2.05, 4.69) is 5.32 Å². The summed E-state index contributed by atoms with van der Waals surface area (Å²) in [4.78, 5) is 23.6. The molecule has 1 amide bonds. The van der Waals surface area contributed by atoms with E-state index in [-0.39, 0.29) is 17.2 Å². The van der Waals surface area contributed by atoms with Crippen molar-refractivity contribution in [3.8, 4) is 11.5 Å². The van der Waals surface area contributed by atoms with Crippen LogP contribution in [0.5, 0.6) is 11.5 Å². The molecular weight excluding hydrogens is 354 g/mol. The molecule has 2 aromatic carbocycles. The van der Waals surface area contributed by atoms with E-state index in [9.17, 15) is 9.59 Å². The number of anilines is 1. The third-order valence-corrected chi connectivity index (χ3v) is 4.93. The molecule has 0 aliphatic rings. The topological polar surface area (TPSA) is 84.9 Å². The third-order valence-electron chi connectivity index (χ3n) is 3.82. The molecule has 0 aliphatic heterocycles. The number of carbonyl (C=O) groups is 2. The number of carboxylic acid groups (broad SMARTS) is 1. The van der Waals surface area contributed by atoms with Crippen LogP contribution in [0.4, 0.5) is 5.69 Å². The van der Waals surface area contributed by atoms with Gasteiger partial charge in [-0.1, -0.05) is 6.07 Å². The fourth-order valence-corrected chi connectivity index (χ4v) is 3.49. The number of methoxy groups -OCH3 is 2. The van der Waals surface area contributed by atoms with Gasteiger partial charge in [0, 0.05) is 10.4 Å². The Morgan fingerprint density at radius 1 is 1.04 bits per heavy atom. The molecular formula is C19H17NO5S. The minimum atomic E-state index is -0.953. The van der Waals surface area contributed by atoms with Crippen molar-refractivity contribution in [3.05, 3.63) is 52.9 Å². The molecule has 1 aromatic heterocycles. The number of rotatable bonds is 6. The van der Waals surface area contributed by atoms with Crippen LogP contribution in [0.15, 0.2) is 42.5 Å². The van der Waals surface area contributed by atoms with Crippen LogP contribution in [0.25, 0.3) is 10.1 Å². The van der Waals surface area contributed by atoms with Gasteiger partial charge in [-0.25, -0.2) is 4.79 Å². The number of thiophene rings is 1. The van der Waals surface area contributed by atoms with Crippen molar-refractivity contribution in [2.24, 2.45) is 0 Å². The van der Waals surface area contributed by atoms with E-state index in [1.165, 1.54) is 11.3 Å². The Morgan fingerprint density at radius 3 is 2.50 bits per heavy atom. The molecule has 0 unspecified atom stereocenters. The zero-order valence-electron chi connectivity index (χ0n) is 14.2. The number of hydrogen-bond acceptors (Lipinski definition) is 5. The van der Waals surface area contributed by atoms with Crippen LogP contribution in [-0.2, 0) is 11.2 Å². The van der Waals surface area contributed by atoms with Gasteiger partial charge in [-0.3, -0.25) is 4.79 Å². The number of benzene rings is 2. The van der Waals surface area contributed by atoms with Gasteiger partial charge in [-0.2, -0.15) is 0 Å². The lowest BCUT2D eigenvalue weighted by Gasteiger charge is -2.10. The van der Waals surface area contributed by atoms with Crippen molar-refractivity contribution in [2.45, 2.75) is 6.42 Å². The van der Waals surface area contributed by atoms with Gasteiger partial charge in [-0.05, 0) is 47.3 Å². The van der Waals surface area contributed by atoms with E-state index in [0.29, 0.717) is 17.2 Å². The Kier molecular flexibility index (Phi) is 5.09. The molecule has 0 fully saturated rings. The Labute approximate surface area is 154 Å². The Hall–Kier alpha value is -3.06. The van der Waals surface area contributed by atoms with Gasteiger partial charge in [0.15, 0.2) is 11.5 Å². The molecule has 6 nitrogen and oxygen atoms in total. The smallest absolute Gasteiger partial charge is 0.345 e. The fraction of sp³-hybridized carbons (Fsp3) is 0.158. The summed E-state index contributed by atoms with van der Waals surface area (Å²) in [6.07, 6.45) is 0.183. The molecule has 26 heavy (non-hydrogen) atoms. The van der Waals surface area contributed by atoms with Gasteiger partial charge in [0.1, 0.15) is 4.88 Å².